The Bertz CT molecular complexity index is 37.8. The quantitative estimate of drug-likeness (QED) is 0.473. The largest absolute Gasteiger partial charge is 0.184 e. The van der Waals surface area contributed by atoms with E-state index >= 15 is 0 Å². The van der Waals surface area contributed by atoms with Crippen molar-refractivity contribution in [1.82, 2.24) is 0 Å². The molecule has 0 radical (unpaired) electrons. The highest BCUT2D eigenvalue weighted by molar-refractivity contribution is 9.50. The molecule has 0 aliphatic rings. The number of nitrogens with zero attached hydrogens (tertiary/aromatic N) is 1. The molecule has 0 amide bonds. The topological polar surface area (TPSA) is 23.8 Å². The maximum Gasteiger partial charge on any atom is 0.145 e. The minimum atomic E-state index is 0.975. The highest BCUT2D eigenvalue weighted by Crippen LogP contribution is 2.03. The third kappa shape index (κ3) is 2.32. The van der Waals surface area contributed by atoms with E-state index in [9.17, 15) is 0 Å². The molecule has 0 N–H and O–H groups in total. The van der Waals surface area contributed by atoms with Gasteiger partial charge in [-0.05, 0) is 0 Å². The van der Waals surface area contributed by atoms with Crippen LogP contribution in [-0.4, -0.2) is 0 Å². The van der Waals surface area contributed by atoms with Gasteiger partial charge in [0.15, 0.2) is 0 Å². The zero-order chi connectivity index (χ0) is 3.41. The fourth-order valence-electron chi connectivity index (χ4n) is 0. The lowest BCUT2D eigenvalue weighted by molar-refractivity contribution is 1.57. The fraction of sp³-hybridized carbons (Fsp3) is 0. The van der Waals surface area contributed by atoms with Gasteiger partial charge in [-0.15, -0.1) is 0 Å². The van der Waals surface area contributed by atoms with E-state index in [1.165, 1.54) is 0 Å². The zero-order valence-corrected chi connectivity index (χ0v) is 4.14. The fourth-order valence-corrected chi connectivity index (χ4v) is 0. The molecule has 0 heterocycles. The summed E-state index contributed by atoms with van der Waals surface area (Å²) in [7, 11) is 0.975. The molecule has 0 atom stereocenters. The van der Waals surface area contributed by atoms with Gasteiger partial charge in [0, 0.05) is 25.0 Å². The number of rotatable bonds is 0. The van der Waals surface area contributed by atoms with Gasteiger partial charge >= 0.3 is 0 Å². The van der Waals surface area contributed by atoms with E-state index in [1.54, 1.807) is 5.40 Å². The van der Waals surface area contributed by atoms with Gasteiger partial charge in [-0.2, -0.15) is 5.26 Å². The Morgan fingerprint density at radius 3 is 2.25 bits per heavy atom. The van der Waals surface area contributed by atoms with Crippen molar-refractivity contribution in [2.24, 2.45) is 0 Å². The molecule has 0 bridgehead atoms. The molecular weight excluding hydrogens is 138 g/mol. The van der Waals surface area contributed by atoms with Crippen LogP contribution in [0, 0.1) is 10.7 Å². The highest BCUT2D eigenvalue weighted by Gasteiger charge is 1.53. The van der Waals surface area contributed by atoms with Crippen LogP contribution in [0.5, 0.6) is 0 Å². The molecule has 0 aliphatic carbocycles. The smallest absolute Gasteiger partial charge is 0.145 e. The van der Waals surface area contributed by atoms with E-state index in [-0.39, 0.29) is 0 Å². The summed E-state index contributed by atoms with van der Waals surface area (Å²) in [4.78, 5) is 0. The van der Waals surface area contributed by atoms with E-state index < -0.39 is 0 Å². The van der Waals surface area contributed by atoms with Gasteiger partial charge in [-0.3, -0.25) is 0 Å². The number of halogens is 1. The molecule has 0 saturated heterocycles. The van der Waals surface area contributed by atoms with Crippen LogP contribution in [0.1, 0.15) is 0 Å². The summed E-state index contributed by atoms with van der Waals surface area (Å²) < 4.78 is 0. The van der Waals surface area contributed by atoms with E-state index in [2.05, 4.69) is 14.8 Å². The zero-order valence-electron chi connectivity index (χ0n) is 1.73. The van der Waals surface area contributed by atoms with E-state index in [4.69, 9.17) is 5.26 Å². The van der Waals surface area contributed by atoms with Crippen molar-refractivity contribution in [2.75, 3.05) is 0 Å². The Labute approximate surface area is 36.2 Å². The number of hydrogen-bond donors (Lipinski definition) is 0. The summed E-state index contributed by atoms with van der Waals surface area (Å²) in [5.74, 6) is 0. The van der Waals surface area contributed by atoms with Crippen LogP contribution in [0.2, 0.25) is 0 Å². The molecule has 3 heteroatoms. The third-order valence-corrected chi connectivity index (χ3v) is 0.538. The Hall–Kier alpha value is 0.320. The van der Waals surface area contributed by atoms with Crippen molar-refractivity contribution >= 4 is 25.0 Å². The van der Waals surface area contributed by atoms with Crippen LogP contribution < -0.4 is 0 Å². The van der Waals surface area contributed by atoms with Gasteiger partial charge in [0.05, 0.1) is 0 Å². The minimum Gasteiger partial charge on any atom is -0.184 e. The Balaban J connectivity index is 2.43. The molecule has 0 aromatic rings. The van der Waals surface area contributed by atoms with Gasteiger partial charge in [0.2, 0.25) is 0 Å². The predicted octanol–water partition coefficient (Wildman–Crippen LogP) is 1.51. The van der Waals surface area contributed by atoms with Crippen LogP contribution in [0.25, 0.3) is 0 Å². The van der Waals surface area contributed by atoms with Crippen LogP contribution in [0.3, 0.4) is 0 Å². The van der Waals surface area contributed by atoms with Crippen LogP contribution in [0.4, 0.5) is 0 Å². The van der Waals surface area contributed by atoms with Crippen molar-refractivity contribution < 1.29 is 0 Å². The first-order chi connectivity index (χ1) is 1.91. The molecule has 1 nitrogen and oxygen atoms in total. The third-order valence-electron chi connectivity index (χ3n) is 0.0345. The first-order valence-corrected chi connectivity index (χ1v) is 3.24. The van der Waals surface area contributed by atoms with Gasteiger partial charge in [-0.1, -0.05) is 0 Å². The van der Waals surface area contributed by atoms with Crippen molar-refractivity contribution in [3.05, 3.63) is 0 Å². The lowest BCUT2D eigenvalue weighted by Crippen LogP contribution is -1.10. The standard InChI is InChI=1S/CBrNS/c2-4-1-3. The first kappa shape index (κ1) is 4.32. The lowest BCUT2D eigenvalue weighted by atomic mass is 11.8. The van der Waals surface area contributed by atoms with Crippen LogP contribution in [-0.2, 0) is 0 Å². The summed E-state index contributed by atoms with van der Waals surface area (Å²) in [6, 6.07) is 0. The van der Waals surface area contributed by atoms with Crippen molar-refractivity contribution in [2.45, 2.75) is 0 Å². The van der Waals surface area contributed by atoms with Crippen molar-refractivity contribution in [3.63, 3.8) is 0 Å². The Kier molecular flexibility index (Phi) is 3.59. The molecule has 0 saturated carbocycles. The van der Waals surface area contributed by atoms with Crippen molar-refractivity contribution in [3.8, 4) is 5.40 Å². The summed E-state index contributed by atoms with van der Waals surface area (Å²) in [5.41, 5.74) is 0. The monoisotopic (exact) mass is 137 g/mol. The van der Waals surface area contributed by atoms with Crippen LogP contribution >= 0.6 is 25.0 Å². The molecule has 22 valence electrons. The molecule has 4 heavy (non-hydrogen) atoms. The van der Waals surface area contributed by atoms with E-state index in [0.717, 1.165) is 10.2 Å². The molecule has 0 aliphatic heterocycles. The minimum absolute atomic E-state index is 0.975. The molecular formula is CBrNS. The number of nitriles is 1. The van der Waals surface area contributed by atoms with Gasteiger partial charge < -0.3 is 0 Å². The van der Waals surface area contributed by atoms with E-state index in [0.29, 0.717) is 0 Å². The molecule has 0 rings (SSSR count). The maximum atomic E-state index is 7.54. The van der Waals surface area contributed by atoms with Crippen LogP contribution in [0.15, 0.2) is 0 Å². The summed E-state index contributed by atoms with van der Waals surface area (Å²) in [5, 5.41) is 9.30. The van der Waals surface area contributed by atoms with Gasteiger partial charge in [0.25, 0.3) is 0 Å². The maximum absolute atomic E-state index is 7.54. The van der Waals surface area contributed by atoms with Gasteiger partial charge in [-0.25, -0.2) is 0 Å². The number of hydrogen-bond acceptors (Lipinski definition) is 2. The highest BCUT2D eigenvalue weighted by atomic mass is 79.9. The molecule has 0 unspecified atom stereocenters. The Morgan fingerprint density at radius 2 is 2.25 bits per heavy atom. The predicted molar refractivity (Wildman–Crippen MR) is 22.1 cm³/mol. The molecule has 0 fully saturated rings. The molecule has 0 aromatic carbocycles. The van der Waals surface area contributed by atoms with E-state index in [1.807, 2.05) is 0 Å². The Morgan fingerprint density at radius 1 is 2.00 bits per heavy atom. The van der Waals surface area contributed by atoms with Gasteiger partial charge in [0.1, 0.15) is 5.40 Å². The van der Waals surface area contributed by atoms with Crippen molar-refractivity contribution in [1.29, 1.82) is 5.26 Å². The second kappa shape index (κ2) is 3.32. The second-order valence-electron chi connectivity index (χ2n) is 0.168. The average Bonchev–Trinajstić information content (AvgIpc) is 1.37. The lowest BCUT2D eigenvalue weighted by Gasteiger charge is -1.43. The summed E-state index contributed by atoms with van der Waals surface area (Å²) >= 11 is 2.80. The molecule has 0 spiro atoms. The average molecular weight is 138 g/mol. The second-order valence-corrected chi connectivity index (χ2v) is 1.48. The first-order valence-electron chi connectivity index (χ1n) is 0.582. The number of thiocyanates is 1. The molecule has 0 aromatic heterocycles. The SMILES string of the molecule is N#CSBr. The summed E-state index contributed by atoms with van der Waals surface area (Å²) in [6.45, 7) is 0. The summed E-state index contributed by atoms with van der Waals surface area (Å²) in [6.07, 6.45) is 0. The normalized spacial score (nSPS) is 5.00.